The zero-order chi connectivity index (χ0) is 31.4. The smallest absolute Gasteiger partial charge is 0.435 e. The maximum absolute atomic E-state index is 13.1. The molecule has 2 N–H and O–H groups in total. The number of ether oxygens (including phenoxy) is 6. The summed E-state index contributed by atoms with van der Waals surface area (Å²) in [6.07, 6.45) is -3.68. The molecule has 3 rings (SSSR count). The molecule has 0 aromatic carbocycles. The van der Waals surface area contributed by atoms with E-state index in [1.807, 2.05) is 6.92 Å². The van der Waals surface area contributed by atoms with E-state index in [1.165, 1.54) is 30.5 Å². The molecule has 2 fully saturated rings. The van der Waals surface area contributed by atoms with E-state index in [2.05, 4.69) is 10.1 Å². The van der Waals surface area contributed by atoms with Crippen molar-refractivity contribution >= 4 is 41.9 Å². The lowest BCUT2D eigenvalue weighted by atomic mass is 9.79. The Morgan fingerprint density at radius 3 is 2.45 bits per heavy atom. The number of carbonyl (C=O) groups excluding carboxylic acids is 5. The van der Waals surface area contributed by atoms with Gasteiger partial charge in [0, 0.05) is 36.1 Å². The topological polar surface area (TPSA) is 176 Å². The zero-order valence-electron chi connectivity index (χ0n) is 24.9. The molecular weight excluding hydrogens is 576 g/mol. The van der Waals surface area contributed by atoms with E-state index in [4.69, 9.17) is 23.7 Å². The molecule has 15 heteroatoms. The number of aliphatic hydroxyl groups is 1. The summed E-state index contributed by atoms with van der Waals surface area (Å²) >= 11 is 1.34. The number of hydrogen-bond donors (Lipinski definition) is 2. The first-order valence-corrected chi connectivity index (χ1v) is 14.7. The number of rotatable bonds is 11. The maximum Gasteiger partial charge on any atom is 0.511 e. The quantitative estimate of drug-likeness (QED) is 0.150. The summed E-state index contributed by atoms with van der Waals surface area (Å²) in [4.78, 5) is 63.8. The number of hydrogen-bond acceptors (Lipinski definition) is 13. The molecule has 3 aliphatic rings. The van der Waals surface area contributed by atoms with Crippen LogP contribution in [0.5, 0.6) is 0 Å². The van der Waals surface area contributed by atoms with E-state index in [9.17, 15) is 29.1 Å². The Labute approximate surface area is 248 Å². The molecule has 0 radical (unpaired) electrons. The minimum atomic E-state index is -1.10. The second-order valence-corrected chi connectivity index (χ2v) is 12.5. The SMILES string of the molecule is CCOC(=O)OCOC(=O)C1=C(S[C@@H]2CCO[C@@H]2CNC(=O)OC(C)OC(=O)C(C)(C)C)[C@H](C)C2[C@@H]([C@@H](C)O)C(=O)N12. The van der Waals surface area contributed by atoms with Crippen molar-refractivity contribution in [2.24, 2.45) is 17.3 Å². The fraction of sp³-hybridized carbons (Fsp3) is 0.741. The van der Waals surface area contributed by atoms with Crippen LogP contribution in [0.25, 0.3) is 0 Å². The first-order chi connectivity index (χ1) is 19.7. The number of nitrogens with one attached hydrogen (secondary N) is 1. The highest BCUT2D eigenvalue weighted by atomic mass is 32.2. The summed E-state index contributed by atoms with van der Waals surface area (Å²) < 4.78 is 30.6. The predicted octanol–water partition coefficient (Wildman–Crippen LogP) is 2.28. The van der Waals surface area contributed by atoms with Crippen LogP contribution in [0.3, 0.4) is 0 Å². The molecule has 3 heterocycles. The lowest BCUT2D eigenvalue weighted by molar-refractivity contribution is -0.174. The lowest BCUT2D eigenvalue weighted by Crippen LogP contribution is -2.63. The van der Waals surface area contributed by atoms with Crippen LogP contribution in [0.15, 0.2) is 10.6 Å². The van der Waals surface area contributed by atoms with Crippen molar-refractivity contribution in [3.63, 3.8) is 0 Å². The van der Waals surface area contributed by atoms with Gasteiger partial charge < -0.3 is 43.7 Å². The van der Waals surface area contributed by atoms with E-state index < -0.39 is 72.8 Å². The van der Waals surface area contributed by atoms with Gasteiger partial charge in [-0.15, -0.1) is 11.8 Å². The normalized spacial score (nSPS) is 26.5. The Morgan fingerprint density at radius 2 is 1.83 bits per heavy atom. The van der Waals surface area contributed by atoms with Crippen molar-refractivity contribution in [1.82, 2.24) is 10.2 Å². The van der Waals surface area contributed by atoms with E-state index in [-0.39, 0.29) is 30.0 Å². The molecule has 0 spiro atoms. The fourth-order valence-corrected chi connectivity index (χ4v) is 6.39. The fourth-order valence-electron chi connectivity index (χ4n) is 4.87. The van der Waals surface area contributed by atoms with Gasteiger partial charge >= 0.3 is 24.2 Å². The number of fused-ring (bicyclic) bond motifs is 1. The summed E-state index contributed by atoms with van der Waals surface area (Å²) in [5, 5.41) is 12.6. The van der Waals surface area contributed by atoms with Gasteiger partial charge in [-0.3, -0.25) is 9.59 Å². The Morgan fingerprint density at radius 1 is 1.14 bits per heavy atom. The molecule has 7 atom stereocenters. The van der Waals surface area contributed by atoms with Crippen LogP contribution in [-0.4, -0.2) is 96.4 Å². The number of β-lactam (4-membered cyclic amide) rings is 1. The van der Waals surface area contributed by atoms with Crippen LogP contribution in [0.2, 0.25) is 0 Å². The van der Waals surface area contributed by atoms with Crippen molar-refractivity contribution in [2.45, 2.75) is 84.7 Å². The second kappa shape index (κ2) is 14.0. The predicted molar refractivity (Wildman–Crippen MR) is 146 cm³/mol. The molecular formula is C27H40N2O12S. The Balaban J connectivity index is 1.67. The van der Waals surface area contributed by atoms with Gasteiger partial charge in [0.05, 0.1) is 36.2 Å². The second-order valence-electron chi connectivity index (χ2n) is 11.2. The first-order valence-electron chi connectivity index (χ1n) is 13.8. The van der Waals surface area contributed by atoms with Gasteiger partial charge in [0.2, 0.25) is 19.0 Å². The molecule has 236 valence electrons. The molecule has 3 aliphatic heterocycles. The molecule has 2 unspecified atom stereocenters. The molecule has 0 aliphatic carbocycles. The van der Waals surface area contributed by atoms with Gasteiger partial charge in [0.25, 0.3) is 0 Å². The molecule has 0 aromatic rings. The number of carbonyl (C=O) groups is 5. The van der Waals surface area contributed by atoms with Crippen molar-refractivity contribution in [2.75, 3.05) is 26.6 Å². The third-order valence-electron chi connectivity index (χ3n) is 6.96. The van der Waals surface area contributed by atoms with Crippen molar-refractivity contribution < 1.29 is 57.5 Å². The number of nitrogens with zero attached hydrogens (tertiary/aromatic N) is 1. The molecule has 42 heavy (non-hydrogen) atoms. The van der Waals surface area contributed by atoms with Crippen LogP contribution in [0.1, 0.15) is 54.9 Å². The van der Waals surface area contributed by atoms with E-state index in [0.717, 1.165) is 0 Å². The third-order valence-corrected chi connectivity index (χ3v) is 8.63. The molecule has 14 nitrogen and oxygen atoms in total. The monoisotopic (exact) mass is 616 g/mol. The van der Waals surface area contributed by atoms with Gasteiger partial charge in [0.1, 0.15) is 5.70 Å². The Kier molecular flexibility index (Phi) is 11.1. The number of thioether (sulfide) groups is 1. The van der Waals surface area contributed by atoms with E-state index >= 15 is 0 Å². The Hall–Kier alpha value is -3.04. The third kappa shape index (κ3) is 7.67. The van der Waals surface area contributed by atoms with Gasteiger partial charge in [-0.25, -0.2) is 14.4 Å². The maximum atomic E-state index is 13.1. The first kappa shape index (κ1) is 33.5. The minimum absolute atomic E-state index is 0.0272. The van der Waals surface area contributed by atoms with E-state index in [0.29, 0.717) is 17.9 Å². The van der Waals surface area contributed by atoms with Crippen molar-refractivity contribution in [3.8, 4) is 0 Å². The standard InChI is InChI=1S/C27H40N2O12S/c1-8-36-26(35)39-12-38-23(32)20-21(13(2)19-18(14(3)30)22(31)29(19)20)42-17-9-10-37-16(17)11-28-25(34)41-15(4)40-24(33)27(5,6)7/h13-19,30H,8-12H2,1-7H3,(H,28,34)/t13-,14-,15?,16-,17-,18-,19?/m1/s1. The highest BCUT2D eigenvalue weighted by Crippen LogP contribution is 2.52. The van der Waals surface area contributed by atoms with Crippen LogP contribution in [-0.2, 0) is 42.8 Å². The van der Waals surface area contributed by atoms with Crippen LogP contribution < -0.4 is 5.32 Å². The van der Waals surface area contributed by atoms with Gasteiger partial charge in [0.15, 0.2) is 0 Å². The number of esters is 2. The van der Waals surface area contributed by atoms with Crippen LogP contribution >= 0.6 is 11.8 Å². The zero-order valence-corrected chi connectivity index (χ0v) is 25.7. The molecule has 2 saturated heterocycles. The largest absolute Gasteiger partial charge is 0.511 e. The summed E-state index contributed by atoms with van der Waals surface area (Å²) in [5.74, 6) is -2.76. The molecule has 0 aromatic heterocycles. The lowest BCUT2D eigenvalue weighted by Gasteiger charge is -2.46. The summed E-state index contributed by atoms with van der Waals surface area (Å²) in [5.41, 5.74) is -0.725. The average Bonchev–Trinajstić information content (AvgIpc) is 3.42. The highest BCUT2D eigenvalue weighted by molar-refractivity contribution is 8.03. The average molecular weight is 617 g/mol. The molecule has 0 saturated carbocycles. The minimum Gasteiger partial charge on any atom is -0.435 e. The van der Waals surface area contributed by atoms with E-state index in [1.54, 1.807) is 27.7 Å². The van der Waals surface area contributed by atoms with Gasteiger partial charge in [-0.05, 0) is 41.0 Å². The number of aliphatic hydroxyl groups excluding tert-OH is 1. The number of alkyl carbamates (subject to hydrolysis) is 1. The Bertz CT molecular complexity index is 1090. The van der Waals surface area contributed by atoms with Gasteiger partial charge in [-0.2, -0.15) is 0 Å². The summed E-state index contributed by atoms with van der Waals surface area (Å²) in [7, 11) is 0. The number of amides is 2. The molecule has 2 amide bonds. The summed E-state index contributed by atoms with van der Waals surface area (Å²) in [6, 6.07) is -0.445. The van der Waals surface area contributed by atoms with Crippen molar-refractivity contribution in [3.05, 3.63) is 10.6 Å². The van der Waals surface area contributed by atoms with Crippen LogP contribution in [0.4, 0.5) is 9.59 Å². The van der Waals surface area contributed by atoms with Crippen LogP contribution in [0, 0.1) is 17.3 Å². The summed E-state index contributed by atoms with van der Waals surface area (Å²) in [6.45, 7) is 11.3. The van der Waals surface area contributed by atoms with Crippen molar-refractivity contribution in [1.29, 1.82) is 0 Å². The molecule has 0 bridgehead atoms. The highest BCUT2D eigenvalue weighted by Gasteiger charge is 2.60. The van der Waals surface area contributed by atoms with Gasteiger partial charge in [-0.1, -0.05) is 6.92 Å².